The van der Waals surface area contributed by atoms with Crippen molar-refractivity contribution in [2.75, 3.05) is 4.90 Å². The van der Waals surface area contributed by atoms with Gasteiger partial charge < -0.3 is 5.11 Å². The van der Waals surface area contributed by atoms with Gasteiger partial charge in [-0.05, 0) is 43.2 Å². The van der Waals surface area contributed by atoms with Gasteiger partial charge in [-0.1, -0.05) is 60.7 Å². The zero-order valence-corrected chi connectivity index (χ0v) is 16.8. The van der Waals surface area contributed by atoms with Gasteiger partial charge in [-0.25, -0.2) is 0 Å². The van der Waals surface area contributed by atoms with E-state index in [-0.39, 0.29) is 11.5 Å². The molecule has 3 aromatic rings. The van der Waals surface area contributed by atoms with Crippen molar-refractivity contribution in [2.24, 2.45) is 5.10 Å². The van der Waals surface area contributed by atoms with Crippen molar-refractivity contribution in [1.29, 1.82) is 0 Å². The first-order valence-electron chi connectivity index (χ1n) is 9.86. The van der Waals surface area contributed by atoms with Crippen molar-refractivity contribution in [3.05, 3.63) is 107 Å². The molecular formula is C25H21N3O2. The Morgan fingerprint density at radius 2 is 1.63 bits per heavy atom. The molecule has 1 heterocycles. The number of hydrazone groups is 1. The minimum Gasteiger partial charge on any atom is -0.507 e. The van der Waals surface area contributed by atoms with E-state index in [0.717, 1.165) is 28.2 Å². The van der Waals surface area contributed by atoms with Crippen LogP contribution in [0.5, 0.6) is 5.75 Å². The number of ketones is 1. The van der Waals surface area contributed by atoms with E-state index in [0.29, 0.717) is 11.1 Å². The maximum atomic E-state index is 12.6. The average molecular weight is 395 g/mol. The molecule has 148 valence electrons. The monoisotopic (exact) mass is 395 g/mol. The van der Waals surface area contributed by atoms with Gasteiger partial charge in [-0.3, -0.25) is 15.1 Å². The molecule has 1 spiro atoms. The van der Waals surface area contributed by atoms with Gasteiger partial charge >= 0.3 is 0 Å². The van der Waals surface area contributed by atoms with Crippen molar-refractivity contribution < 1.29 is 9.90 Å². The molecule has 5 rings (SSSR count). The zero-order valence-electron chi connectivity index (χ0n) is 16.8. The lowest BCUT2D eigenvalue weighted by Crippen LogP contribution is -2.53. The first kappa shape index (κ1) is 18.2. The van der Waals surface area contributed by atoms with E-state index >= 15 is 0 Å². The summed E-state index contributed by atoms with van der Waals surface area (Å²) in [7, 11) is 0. The van der Waals surface area contributed by atoms with Crippen molar-refractivity contribution in [3.8, 4) is 5.75 Å². The Kier molecular flexibility index (Phi) is 4.00. The number of hydrogen-bond donors (Lipinski definition) is 2. The lowest BCUT2D eigenvalue weighted by molar-refractivity contribution is 0.103. The standard InChI is InChI=1S/C25H21N3O2/c1-16-8-6-9-17(2)23(16)28-24(18-10-4-3-5-11-18)26-27-25(28)15-14-21(30)22-19(25)12-7-13-20(22)29/h3-15,27,29H,1-2H3. The predicted molar refractivity (Wildman–Crippen MR) is 118 cm³/mol. The van der Waals surface area contributed by atoms with Crippen LogP contribution in [0, 0.1) is 13.8 Å². The average Bonchev–Trinajstić information content (AvgIpc) is 3.11. The van der Waals surface area contributed by atoms with Crippen molar-refractivity contribution >= 4 is 17.3 Å². The van der Waals surface area contributed by atoms with E-state index in [2.05, 4.69) is 36.3 Å². The molecule has 1 aliphatic heterocycles. The first-order chi connectivity index (χ1) is 14.5. The van der Waals surface area contributed by atoms with Crippen molar-refractivity contribution in [1.82, 2.24) is 5.43 Å². The molecule has 0 aromatic heterocycles. The van der Waals surface area contributed by atoms with Gasteiger partial charge in [0.15, 0.2) is 17.3 Å². The van der Waals surface area contributed by atoms with Crippen LogP contribution in [0.3, 0.4) is 0 Å². The Labute approximate surface area is 175 Å². The van der Waals surface area contributed by atoms with Gasteiger partial charge in [0.1, 0.15) is 5.75 Å². The fourth-order valence-corrected chi connectivity index (χ4v) is 4.41. The highest BCUT2D eigenvalue weighted by Gasteiger charge is 2.49. The molecule has 30 heavy (non-hydrogen) atoms. The number of amidine groups is 1. The number of nitrogens with one attached hydrogen (secondary N) is 1. The van der Waals surface area contributed by atoms with Crippen LogP contribution in [0.25, 0.3) is 0 Å². The van der Waals surface area contributed by atoms with E-state index in [1.807, 2.05) is 48.5 Å². The van der Waals surface area contributed by atoms with Gasteiger partial charge in [0.25, 0.3) is 0 Å². The minimum absolute atomic E-state index is 0.0300. The molecule has 0 fully saturated rings. The minimum atomic E-state index is -0.927. The van der Waals surface area contributed by atoms with Crippen LogP contribution in [0.15, 0.2) is 84.0 Å². The number of phenolic OH excluding ortho intramolecular Hbond substituents is 1. The van der Waals surface area contributed by atoms with E-state index in [1.165, 1.54) is 6.08 Å². The van der Waals surface area contributed by atoms with Crippen LogP contribution in [0.2, 0.25) is 0 Å². The van der Waals surface area contributed by atoms with Gasteiger partial charge in [-0.15, -0.1) is 0 Å². The van der Waals surface area contributed by atoms with Crippen LogP contribution in [0.1, 0.15) is 32.6 Å². The Morgan fingerprint density at radius 1 is 0.933 bits per heavy atom. The number of allylic oxidation sites excluding steroid dienone is 1. The number of aryl methyl sites for hydroxylation is 2. The molecule has 0 bridgehead atoms. The summed E-state index contributed by atoms with van der Waals surface area (Å²) in [5.74, 6) is 0.504. The van der Waals surface area contributed by atoms with E-state index in [4.69, 9.17) is 5.10 Å². The molecule has 0 radical (unpaired) electrons. The second-order valence-electron chi connectivity index (χ2n) is 7.65. The van der Waals surface area contributed by atoms with E-state index in [9.17, 15) is 9.90 Å². The number of carbonyl (C=O) groups excluding carboxylic acids is 1. The lowest BCUT2D eigenvalue weighted by Gasteiger charge is -2.41. The van der Waals surface area contributed by atoms with E-state index < -0.39 is 5.66 Å². The fraction of sp³-hybridized carbons (Fsp3) is 0.120. The summed E-state index contributed by atoms with van der Waals surface area (Å²) in [6, 6.07) is 21.3. The number of benzene rings is 3. The second-order valence-corrected chi connectivity index (χ2v) is 7.65. The lowest BCUT2D eigenvalue weighted by atomic mass is 9.84. The number of anilines is 1. The summed E-state index contributed by atoms with van der Waals surface area (Å²) < 4.78 is 0. The Balaban J connectivity index is 1.81. The number of aromatic hydroxyl groups is 1. The Morgan fingerprint density at radius 3 is 2.37 bits per heavy atom. The summed E-state index contributed by atoms with van der Waals surface area (Å²) >= 11 is 0. The SMILES string of the molecule is Cc1cccc(C)c1N1C(c2ccccc2)=NNC12C=CC(=O)c1c(O)cccc12. The molecule has 1 aliphatic carbocycles. The number of phenols is 1. The molecule has 1 atom stereocenters. The smallest absolute Gasteiger partial charge is 0.189 e. The summed E-state index contributed by atoms with van der Waals surface area (Å²) in [5.41, 5.74) is 7.49. The molecule has 1 unspecified atom stereocenters. The molecule has 0 amide bonds. The molecular weight excluding hydrogens is 374 g/mol. The number of rotatable bonds is 2. The van der Waals surface area contributed by atoms with E-state index in [1.54, 1.807) is 12.1 Å². The predicted octanol–water partition coefficient (Wildman–Crippen LogP) is 4.39. The highest BCUT2D eigenvalue weighted by Crippen LogP contribution is 2.45. The largest absolute Gasteiger partial charge is 0.507 e. The highest BCUT2D eigenvalue weighted by atomic mass is 16.3. The third-order valence-corrected chi connectivity index (χ3v) is 5.77. The first-order valence-corrected chi connectivity index (χ1v) is 9.86. The zero-order chi connectivity index (χ0) is 20.9. The Bertz CT molecular complexity index is 1210. The van der Waals surface area contributed by atoms with Crippen LogP contribution in [-0.2, 0) is 5.66 Å². The second kappa shape index (κ2) is 6.59. The molecule has 5 heteroatoms. The number of hydrogen-bond acceptors (Lipinski definition) is 5. The summed E-state index contributed by atoms with van der Waals surface area (Å²) in [5, 5.41) is 15.2. The third-order valence-electron chi connectivity index (χ3n) is 5.77. The number of para-hydroxylation sites is 1. The summed E-state index contributed by atoms with van der Waals surface area (Å²) in [4.78, 5) is 14.8. The third kappa shape index (κ3) is 2.48. The molecule has 2 N–H and O–H groups in total. The number of fused-ring (bicyclic) bond motifs is 2. The number of carbonyl (C=O) groups is 1. The topological polar surface area (TPSA) is 64.9 Å². The molecule has 2 aliphatic rings. The highest BCUT2D eigenvalue weighted by molar-refractivity contribution is 6.15. The molecule has 0 saturated carbocycles. The van der Waals surface area contributed by atoms with Crippen LogP contribution in [-0.4, -0.2) is 16.7 Å². The fourth-order valence-electron chi connectivity index (χ4n) is 4.41. The Hall–Kier alpha value is -3.86. The van der Waals surface area contributed by atoms with Gasteiger partial charge in [-0.2, -0.15) is 5.10 Å². The maximum Gasteiger partial charge on any atom is 0.189 e. The number of nitrogens with zero attached hydrogens (tertiary/aromatic N) is 2. The van der Waals surface area contributed by atoms with Crippen molar-refractivity contribution in [3.63, 3.8) is 0 Å². The van der Waals surface area contributed by atoms with Crippen molar-refractivity contribution in [2.45, 2.75) is 19.5 Å². The summed E-state index contributed by atoms with van der Waals surface area (Å²) in [6.45, 7) is 4.13. The van der Waals surface area contributed by atoms with Crippen LogP contribution >= 0.6 is 0 Å². The van der Waals surface area contributed by atoms with Crippen LogP contribution in [0.4, 0.5) is 5.69 Å². The normalized spacial score (nSPS) is 19.6. The molecule has 5 nitrogen and oxygen atoms in total. The summed E-state index contributed by atoms with van der Waals surface area (Å²) in [6.07, 6.45) is 3.35. The molecule has 0 saturated heterocycles. The van der Waals surface area contributed by atoms with Crippen LogP contribution < -0.4 is 10.3 Å². The quantitative estimate of drug-likeness (QED) is 0.676. The van der Waals surface area contributed by atoms with Gasteiger partial charge in [0.05, 0.1) is 11.3 Å². The van der Waals surface area contributed by atoms with Gasteiger partial charge in [0.2, 0.25) is 0 Å². The maximum absolute atomic E-state index is 12.6. The molecule has 3 aromatic carbocycles. The van der Waals surface area contributed by atoms with Gasteiger partial charge in [0, 0.05) is 11.1 Å².